The van der Waals surface area contributed by atoms with E-state index in [4.69, 9.17) is 0 Å². The lowest BCUT2D eigenvalue weighted by Crippen LogP contribution is -2.51. The van der Waals surface area contributed by atoms with Crippen LogP contribution in [-0.4, -0.2) is 61.2 Å². The van der Waals surface area contributed by atoms with E-state index in [1.54, 1.807) is 11.3 Å². The Hall–Kier alpha value is -1.12. The van der Waals surface area contributed by atoms with Crippen LogP contribution in [0.3, 0.4) is 0 Å². The first-order chi connectivity index (χ1) is 10.3. The molecule has 1 aliphatic rings. The number of rotatable bonds is 5. The van der Waals surface area contributed by atoms with Gasteiger partial charge in [0.05, 0.1) is 19.1 Å². The van der Waals surface area contributed by atoms with Crippen molar-refractivity contribution in [3.8, 4) is 0 Å². The number of alkyl halides is 3. The van der Waals surface area contributed by atoms with Gasteiger partial charge in [0, 0.05) is 31.1 Å². The first-order valence-corrected chi connectivity index (χ1v) is 8.06. The van der Waals surface area contributed by atoms with E-state index in [9.17, 15) is 18.0 Å². The van der Waals surface area contributed by atoms with E-state index in [1.807, 2.05) is 29.3 Å². The molecule has 1 fully saturated rings. The van der Waals surface area contributed by atoms with Crippen LogP contribution in [0, 0.1) is 0 Å². The highest BCUT2D eigenvalue weighted by Crippen LogP contribution is 2.19. The van der Waals surface area contributed by atoms with Crippen molar-refractivity contribution in [2.45, 2.75) is 19.1 Å². The lowest BCUT2D eigenvalue weighted by molar-refractivity contribution is -0.150. The van der Waals surface area contributed by atoms with Gasteiger partial charge in [-0.2, -0.15) is 13.2 Å². The molecule has 0 aliphatic carbocycles. The molecule has 0 spiro atoms. The molecule has 2 rings (SSSR count). The highest BCUT2D eigenvalue weighted by molar-refractivity contribution is 7.10. The van der Waals surface area contributed by atoms with Crippen LogP contribution in [0.5, 0.6) is 0 Å². The van der Waals surface area contributed by atoms with Crippen molar-refractivity contribution in [2.24, 2.45) is 0 Å². The molecule has 1 saturated heterocycles. The molecule has 2 heterocycles. The zero-order chi connectivity index (χ0) is 16.2. The second-order valence-corrected chi connectivity index (χ2v) is 6.45. The summed E-state index contributed by atoms with van der Waals surface area (Å²) in [6.07, 6.45) is -4.16. The van der Waals surface area contributed by atoms with Gasteiger partial charge in [0.2, 0.25) is 5.91 Å². The Bertz CT molecular complexity index is 470. The summed E-state index contributed by atoms with van der Waals surface area (Å²) in [5.41, 5.74) is 0. The quantitative estimate of drug-likeness (QED) is 0.895. The highest BCUT2D eigenvalue weighted by atomic mass is 32.1. The van der Waals surface area contributed by atoms with Crippen LogP contribution in [-0.2, 0) is 4.79 Å². The molecule has 0 saturated carbocycles. The minimum atomic E-state index is -4.16. The number of halogens is 3. The highest BCUT2D eigenvalue weighted by Gasteiger charge is 2.32. The molecule has 22 heavy (non-hydrogen) atoms. The maximum absolute atomic E-state index is 12.3. The number of hydrogen-bond donors (Lipinski definition) is 1. The largest absolute Gasteiger partial charge is 0.401 e. The summed E-state index contributed by atoms with van der Waals surface area (Å²) in [5.74, 6) is -0.0924. The number of piperazine rings is 1. The first-order valence-electron chi connectivity index (χ1n) is 7.18. The van der Waals surface area contributed by atoms with Crippen molar-refractivity contribution in [3.05, 3.63) is 22.4 Å². The predicted octanol–water partition coefficient (Wildman–Crippen LogP) is 2.11. The Morgan fingerprint density at radius 3 is 2.50 bits per heavy atom. The average molecular weight is 335 g/mol. The Balaban J connectivity index is 1.70. The Labute approximate surface area is 131 Å². The normalized spacial score (nSPS) is 19.1. The third-order valence-electron chi connectivity index (χ3n) is 3.58. The number of nitrogens with one attached hydrogen (secondary N) is 1. The second kappa shape index (κ2) is 7.43. The van der Waals surface area contributed by atoms with Gasteiger partial charge < -0.3 is 5.32 Å². The van der Waals surface area contributed by atoms with E-state index in [-0.39, 0.29) is 18.5 Å². The molecular weight excluding hydrogens is 315 g/mol. The van der Waals surface area contributed by atoms with Gasteiger partial charge in [-0.3, -0.25) is 14.6 Å². The fraction of sp³-hybridized carbons (Fsp3) is 0.643. The standard InChI is InChI=1S/C14H20F3N3OS/c1-11(12-3-2-8-22-12)18-13(21)9-19-4-6-20(7-5-19)10-14(15,16)17/h2-3,8,11H,4-7,9-10H2,1H3,(H,18,21)/t11-/m1/s1. The van der Waals surface area contributed by atoms with Gasteiger partial charge in [-0.25, -0.2) is 0 Å². The van der Waals surface area contributed by atoms with E-state index >= 15 is 0 Å². The van der Waals surface area contributed by atoms with Crippen molar-refractivity contribution in [1.82, 2.24) is 15.1 Å². The third-order valence-corrected chi connectivity index (χ3v) is 4.64. The number of nitrogens with zero attached hydrogens (tertiary/aromatic N) is 2. The molecule has 8 heteroatoms. The molecule has 1 atom stereocenters. The topological polar surface area (TPSA) is 35.6 Å². The van der Waals surface area contributed by atoms with Gasteiger partial charge in [0.15, 0.2) is 0 Å². The van der Waals surface area contributed by atoms with Crippen molar-refractivity contribution < 1.29 is 18.0 Å². The van der Waals surface area contributed by atoms with E-state index in [2.05, 4.69) is 5.32 Å². The summed E-state index contributed by atoms with van der Waals surface area (Å²) in [6, 6.07) is 3.85. The monoisotopic (exact) mass is 335 g/mol. The van der Waals surface area contributed by atoms with E-state index in [1.165, 1.54) is 4.90 Å². The lowest BCUT2D eigenvalue weighted by atomic mass is 10.2. The number of carbonyl (C=O) groups is 1. The number of thiophene rings is 1. The molecule has 1 aromatic rings. The fourth-order valence-electron chi connectivity index (χ4n) is 2.46. The number of hydrogen-bond acceptors (Lipinski definition) is 4. The average Bonchev–Trinajstić information content (AvgIpc) is 2.93. The summed E-state index contributed by atoms with van der Waals surface area (Å²) in [7, 11) is 0. The maximum Gasteiger partial charge on any atom is 0.401 e. The van der Waals surface area contributed by atoms with E-state index in [0.717, 1.165) is 4.88 Å². The van der Waals surface area contributed by atoms with Gasteiger partial charge in [-0.1, -0.05) is 6.07 Å². The van der Waals surface area contributed by atoms with Crippen LogP contribution in [0.25, 0.3) is 0 Å². The molecule has 0 bridgehead atoms. The molecule has 0 radical (unpaired) electrons. The van der Waals surface area contributed by atoms with Crippen LogP contribution < -0.4 is 5.32 Å². The van der Waals surface area contributed by atoms with Crippen molar-refractivity contribution in [1.29, 1.82) is 0 Å². The van der Waals surface area contributed by atoms with E-state index in [0.29, 0.717) is 26.2 Å². The van der Waals surface area contributed by atoms with Crippen LogP contribution in [0.15, 0.2) is 17.5 Å². The van der Waals surface area contributed by atoms with Crippen LogP contribution in [0.2, 0.25) is 0 Å². The molecule has 1 N–H and O–H groups in total. The molecule has 124 valence electrons. The molecule has 1 amide bonds. The zero-order valence-electron chi connectivity index (χ0n) is 12.4. The van der Waals surface area contributed by atoms with Crippen LogP contribution >= 0.6 is 11.3 Å². The Kier molecular flexibility index (Phi) is 5.82. The van der Waals surface area contributed by atoms with Gasteiger partial charge in [0.25, 0.3) is 0 Å². The minimum absolute atomic E-state index is 0.0426. The molecular formula is C14H20F3N3OS. The van der Waals surface area contributed by atoms with Crippen LogP contribution in [0.1, 0.15) is 17.8 Å². The fourth-order valence-corrected chi connectivity index (χ4v) is 3.19. The number of carbonyl (C=O) groups excluding carboxylic acids is 1. The smallest absolute Gasteiger partial charge is 0.348 e. The predicted molar refractivity (Wildman–Crippen MR) is 79.8 cm³/mol. The van der Waals surface area contributed by atoms with Gasteiger partial charge in [-0.15, -0.1) is 11.3 Å². The molecule has 0 unspecified atom stereocenters. The molecule has 4 nitrogen and oxygen atoms in total. The zero-order valence-corrected chi connectivity index (χ0v) is 13.2. The summed E-state index contributed by atoms with van der Waals surface area (Å²) >= 11 is 1.58. The molecule has 0 aromatic carbocycles. The Morgan fingerprint density at radius 2 is 1.95 bits per heavy atom. The second-order valence-electron chi connectivity index (χ2n) is 5.47. The summed E-state index contributed by atoms with van der Waals surface area (Å²) < 4.78 is 36.9. The van der Waals surface area contributed by atoms with Crippen molar-refractivity contribution in [3.63, 3.8) is 0 Å². The Morgan fingerprint density at radius 1 is 1.32 bits per heavy atom. The third kappa shape index (κ3) is 5.58. The van der Waals surface area contributed by atoms with Crippen molar-refractivity contribution in [2.75, 3.05) is 39.3 Å². The van der Waals surface area contributed by atoms with Gasteiger partial charge in [-0.05, 0) is 18.4 Å². The van der Waals surface area contributed by atoms with E-state index < -0.39 is 12.7 Å². The van der Waals surface area contributed by atoms with Gasteiger partial charge in [0.1, 0.15) is 0 Å². The summed E-state index contributed by atoms with van der Waals surface area (Å²) in [6.45, 7) is 2.93. The lowest BCUT2D eigenvalue weighted by Gasteiger charge is -2.34. The minimum Gasteiger partial charge on any atom is -0.348 e. The van der Waals surface area contributed by atoms with Gasteiger partial charge >= 0.3 is 6.18 Å². The van der Waals surface area contributed by atoms with Crippen LogP contribution in [0.4, 0.5) is 13.2 Å². The van der Waals surface area contributed by atoms with Crippen molar-refractivity contribution >= 4 is 17.2 Å². The SMILES string of the molecule is C[C@@H](NC(=O)CN1CCN(CC(F)(F)F)CC1)c1cccs1. The maximum atomic E-state index is 12.3. The number of amides is 1. The first kappa shape index (κ1) is 17.2. The summed E-state index contributed by atoms with van der Waals surface area (Å²) in [4.78, 5) is 16.3. The summed E-state index contributed by atoms with van der Waals surface area (Å²) in [5, 5.41) is 4.87. The molecule has 1 aliphatic heterocycles. The molecule has 1 aromatic heterocycles.